The number of hydrogen-bond acceptors (Lipinski definition) is 2. The molecule has 0 aliphatic rings. The van der Waals surface area contributed by atoms with E-state index in [1.807, 2.05) is 18.2 Å². The van der Waals surface area contributed by atoms with Gasteiger partial charge in [0.15, 0.2) is 0 Å². The van der Waals surface area contributed by atoms with Crippen molar-refractivity contribution in [1.29, 1.82) is 0 Å². The number of methoxy groups -OCH3 is 1. The molecular formula is C14H21BrO2. The molecule has 0 aliphatic heterocycles. The second kappa shape index (κ2) is 7.72. The average molecular weight is 301 g/mol. The molecule has 0 saturated heterocycles. The molecule has 0 spiro atoms. The quantitative estimate of drug-likeness (QED) is 0.753. The summed E-state index contributed by atoms with van der Waals surface area (Å²) in [7, 11) is 1.63. The fourth-order valence-electron chi connectivity index (χ4n) is 1.92. The topological polar surface area (TPSA) is 29.5 Å². The van der Waals surface area contributed by atoms with Crippen LogP contribution in [0.25, 0.3) is 0 Å². The molecule has 17 heavy (non-hydrogen) atoms. The van der Waals surface area contributed by atoms with Gasteiger partial charge in [-0.3, -0.25) is 0 Å². The number of halogens is 1. The zero-order valence-corrected chi connectivity index (χ0v) is 12.2. The van der Waals surface area contributed by atoms with Crippen LogP contribution in [0.5, 0.6) is 5.75 Å². The van der Waals surface area contributed by atoms with E-state index in [0.717, 1.165) is 28.6 Å². The predicted octanol–water partition coefficient (Wildman–Crippen LogP) is 4.46. The predicted molar refractivity (Wildman–Crippen MR) is 74.4 cm³/mol. The van der Waals surface area contributed by atoms with Gasteiger partial charge in [0.1, 0.15) is 5.75 Å². The first-order valence-electron chi connectivity index (χ1n) is 6.21. The fraction of sp³-hybridized carbons (Fsp3) is 0.571. The first-order chi connectivity index (χ1) is 8.20. The van der Waals surface area contributed by atoms with Crippen LogP contribution in [0.2, 0.25) is 0 Å². The van der Waals surface area contributed by atoms with E-state index in [4.69, 9.17) is 4.74 Å². The highest BCUT2D eigenvalue weighted by molar-refractivity contribution is 9.10. The number of aliphatic hydroxyl groups is 1. The Balaban J connectivity index is 2.61. The lowest BCUT2D eigenvalue weighted by molar-refractivity contribution is 0.159. The zero-order valence-electron chi connectivity index (χ0n) is 10.6. The third-order valence-corrected chi connectivity index (χ3v) is 3.52. The van der Waals surface area contributed by atoms with Crippen LogP contribution < -0.4 is 4.74 Å². The number of rotatable bonds is 7. The summed E-state index contributed by atoms with van der Waals surface area (Å²) in [5.41, 5.74) is 0.873. The van der Waals surface area contributed by atoms with E-state index >= 15 is 0 Å². The molecule has 0 saturated carbocycles. The van der Waals surface area contributed by atoms with Gasteiger partial charge in [0.25, 0.3) is 0 Å². The highest BCUT2D eigenvalue weighted by Crippen LogP contribution is 2.34. The van der Waals surface area contributed by atoms with Gasteiger partial charge in [-0.25, -0.2) is 0 Å². The summed E-state index contributed by atoms with van der Waals surface area (Å²) in [6.07, 6.45) is 5.07. The maximum Gasteiger partial charge on any atom is 0.138 e. The van der Waals surface area contributed by atoms with Crippen LogP contribution in [0.4, 0.5) is 0 Å². The van der Waals surface area contributed by atoms with Crippen molar-refractivity contribution in [3.8, 4) is 5.75 Å². The van der Waals surface area contributed by atoms with Crippen molar-refractivity contribution < 1.29 is 9.84 Å². The number of ether oxygens (including phenoxy) is 1. The van der Waals surface area contributed by atoms with Gasteiger partial charge in [0.2, 0.25) is 0 Å². The van der Waals surface area contributed by atoms with E-state index in [-0.39, 0.29) is 0 Å². The molecule has 0 aromatic heterocycles. The Bertz CT molecular complexity index is 339. The lowest BCUT2D eigenvalue weighted by Crippen LogP contribution is -2.01. The van der Waals surface area contributed by atoms with Gasteiger partial charge in [-0.2, -0.15) is 0 Å². The molecule has 1 rings (SSSR count). The molecule has 0 aliphatic carbocycles. The van der Waals surface area contributed by atoms with Gasteiger partial charge in [-0.15, -0.1) is 0 Å². The lowest BCUT2D eigenvalue weighted by atomic mass is 10.0. The van der Waals surface area contributed by atoms with Gasteiger partial charge in [-0.05, 0) is 28.4 Å². The third kappa shape index (κ3) is 4.32. The van der Waals surface area contributed by atoms with Crippen LogP contribution in [-0.4, -0.2) is 12.2 Å². The van der Waals surface area contributed by atoms with E-state index < -0.39 is 6.10 Å². The molecule has 1 aromatic carbocycles. The molecule has 0 bridgehead atoms. The molecule has 2 nitrogen and oxygen atoms in total. The minimum absolute atomic E-state index is 0.431. The molecule has 3 heteroatoms. The molecule has 1 N–H and O–H groups in total. The van der Waals surface area contributed by atoms with Crippen molar-refractivity contribution in [3.05, 3.63) is 28.2 Å². The highest BCUT2D eigenvalue weighted by atomic mass is 79.9. The molecule has 0 heterocycles. The molecule has 0 radical (unpaired) electrons. The van der Waals surface area contributed by atoms with Gasteiger partial charge in [-0.1, -0.05) is 44.7 Å². The van der Waals surface area contributed by atoms with E-state index in [1.165, 1.54) is 19.3 Å². The van der Waals surface area contributed by atoms with Crippen LogP contribution in [-0.2, 0) is 0 Å². The van der Waals surface area contributed by atoms with Crippen LogP contribution >= 0.6 is 15.9 Å². The third-order valence-electron chi connectivity index (χ3n) is 2.89. The Morgan fingerprint density at radius 2 is 2.06 bits per heavy atom. The second-order valence-corrected chi connectivity index (χ2v) is 5.08. The maximum atomic E-state index is 10.2. The van der Waals surface area contributed by atoms with E-state index in [0.29, 0.717) is 0 Å². The maximum absolute atomic E-state index is 10.2. The summed E-state index contributed by atoms with van der Waals surface area (Å²) in [5, 5.41) is 10.2. The standard InChI is InChI=1S/C14H21BrO2/c1-3-4-5-6-10-13(16)11-8-7-9-12(15)14(11)17-2/h7-9,13,16H,3-6,10H2,1-2H3. The van der Waals surface area contributed by atoms with Crippen molar-refractivity contribution in [2.75, 3.05) is 7.11 Å². The summed E-state index contributed by atoms with van der Waals surface area (Å²) >= 11 is 3.43. The summed E-state index contributed by atoms with van der Waals surface area (Å²) in [5.74, 6) is 0.746. The van der Waals surface area contributed by atoms with Gasteiger partial charge in [0.05, 0.1) is 17.7 Å². The van der Waals surface area contributed by atoms with E-state index in [9.17, 15) is 5.11 Å². The number of unbranched alkanes of at least 4 members (excludes halogenated alkanes) is 3. The second-order valence-electron chi connectivity index (χ2n) is 4.23. The fourth-order valence-corrected chi connectivity index (χ4v) is 2.47. The molecule has 1 aromatic rings. The number of para-hydroxylation sites is 1. The first kappa shape index (κ1) is 14.5. The van der Waals surface area contributed by atoms with Crippen molar-refractivity contribution in [3.63, 3.8) is 0 Å². The van der Waals surface area contributed by atoms with E-state index in [1.54, 1.807) is 7.11 Å². The summed E-state index contributed by atoms with van der Waals surface area (Å²) in [4.78, 5) is 0. The minimum Gasteiger partial charge on any atom is -0.495 e. The SMILES string of the molecule is CCCCCCC(O)c1cccc(Br)c1OC. The largest absolute Gasteiger partial charge is 0.495 e. The number of hydrogen-bond donors (Lipinski definition) is 1. The zero-order chi connectivity index (χ0) is 12.7. The van der Waals surface area contributed by atoms with Crippen LogP contribution in [0.15, 0.2) is 22.7 Å². The normalized spacial score (nSPS) is 12.5. The van der Waals surface area contributed by atoms with Crippen molar-refractivity contribution in [2.45, 2.75) is 45.1 Å². The minimum atomic E-state index is -0.431. The number of benzene rings is 1. The Hall–Kier alpha value is -0.540. The van der Waals surface area contributed by atoms with Gasteiger partial charge < -0.3 is 9.84 Å². The monoisotopic (exact) mass is 300 g/mol. The van der Waals surface area contributed by atoms with Crippen LogP contribution in [0.3, 0.4) is 0 Å². The summed E-state index contributed by atoms with van der Waals surface area (Å²) in [6, 6.07) is 5.78. The Morgan fingerprint density at radius 3 is 2.71 bits per heavy atom. The molecule has 0 fully saturated rings. The Morgan fingerprint density at radius 1 is 1.29 bits per heavy atom. The summed E-state index contributed by atoms with van der Waals surface area (Å²) < 4.78 is 6.21. The summed E-state index contributed by atoms with van der Waals surface area (Å²) in [6.45, 7) is 2.19. The molecule has 96 valence electrons. The number of aliphatic hydroxyl groups excluding tert-OH is 1. The Kier molecular flexibility index (Phi) is 6.60. The van der Waals surface area contributed by atoms with Crippen molar-refractivity contribution in [2.24, 2.45) is 0 Å². The van der Waals surface area contributed by atoms with Crippen molar-refractivity contribution in [1.82, 2.24) is 0 Å². The Labute approximate surface area is 112 Å². The smallest absolute Gasteiger partial charge is 0.138 e. The van der Waals surface area contributed by atoms with Crippen molar-refractivity contribution >= 4 is 15.9 Å². The van der Waals surface area contributed by atoms with Crippen LogP contribution in [0, 0.1) is 0 Å². The van der Waals surface area contributed by atoms with Gasteiger partial charge in [0, 0.05) is 5.56 Å². The van der Waals surface area contributed by atoms with Crippen LogP contribution in [0.1, 0.15) is 50.7 Å². The molecule has 0 amide bonds. The average Bonchev–Trinajstić information content (AvgIpc) is 2.34. The molecule has 1 unspecified atom stereocenters. The lowest BCUT2D eigenvalue weighted by Gasteiger charge is -2.15. The first-order valence-corrected chi connectivity index (χ1v) is 7.00. The molecular weight excluding hydrogens is 280 g/mol. The van der Waals surface area contributed by atoms with Gasteiger partial charge >= 0.3 is 0 Å². The molecule has 1 atom stereocenters. The van der Waals surface area contributed by atoms with E-state index in [2.05, 4.69) is 22.9 Å². The highest BCUT2D eigenvalue weighted by Gasteiger charge is 2.14.